The van der Waals surface area contributed by atoms with Crippen LogP contribution in [0.1, 0.15) is 10.4 Å². The van der Waals surface area contributed by atoms with Crippen molar-refractivity contribution in [3.8, 4) is 22.6 Å². The minimum Gasteiger partial charge on any atom is -0.497 e. The van der Waals surface area contributed by atoms with Gasteiger partial charge in [0.2, 0.25) is 0 Å². The van der Waals surface area contributed by atoms with E-state index < -0.39 is 0 Å². The fourth-order valence-electron chi connectivity index (χ4n) is 3.27. The highest BCUT2D eigenvalue weighted by Crippen LogP contribution is 2.33. The lowest BCUT2D eigenvalue weighted by Gasteiger charge is -2.13. The molecule has 0 atom stereocenters. The number of para-hydroxylation sites is 1. The van der Waals surface area contributed by atoms with Crippen molar-refractivity contribution in [1.82, 2.24) is 4.98 Å². The molecule has 4 aromatic rings. The topological polar surface area (TPSA) is 60.5 Å². The van der Waals surface area contributed by atoms with Gasteiger partial charge < -0.3 is 14.8 Å². The van der Waals surface area contributed by atoms with Crippen LogP contribution >= 0.6 is 0 Å². The number of anilines is 1. The number of benzene rings is 3. The summed E-state index contributed by atoms with van der Waals surface area (Å²) in [6.45, 7) is 0. The van der Waals surface area contributed by atoms with Crippen LogP contribution in [0.4, 0.5) is 5.69 Å². The lowest BCUT2D eigenvalue weighted by atomic mass is 10.0. The van der Waals surface area contributed by atoms with Crippen LogP contribution in [0.5, 0.6) is 11.5 Å². The number of hydrogen-bond acceptors (Lipinski definition) is 4. The summed E-state index contributed by atoms with van der Waals surface area (Å²) in [4.78, 5) is 17.3. The van der Waals surface area contributed by atoms with Gasteiger partial charge in [0.25, 0.3) is 5.91 Å². The van der Waals surface area contributed by atoms with E-state index in [0.717, 1.165) is 28.0 Å². The molecule has 4 rings (SSSR count). The summed E-state index contributed by atoms with van der Waals surface area (Å²) in [5, 5.41) is 3.90. The van der Waals surface area contributed by atoms with Crippen LogP contribution in [0.3, 0.4) is 0 Å². The smallest absolute Gasteiger partial charge is 0.257 e. The molecule has 0 aliphatic rings. The summed E-state index contributed by atoms with van der Waals surface area (Å²) in [5.74, 6) is 1.29. The molecule has 1 aromatic heterocycles. The van der Waals surface area contributed by atoms with Crippen molar-refractivity contribution in [2.24, 2.45) is 0 Å². The second-order valence-electron chi connectivity index (χ2n) is 6.48. The van der Waals surface area contributed by atoms with Gasteiger partial charge in [-0.1, -0.05) is 30.3 Å². The molecule has 29 heavy (non-hydrogen) atoms. The molecule has 0 saturated carbocycles. The fraction of sp³-hybridized carbons (Fsp3) is 0.0833. The number of fused-ring (bicyclic) bond motifs is 1. The van der Waals surface area contributed by atoms with E-state index in [9.17, 15) is 4.79 Å². The van der Waals surface area contributed by atoms with E-state index >= 15 is 0 Å². The Hall–Kier alpha value is -3.86. The number of pyridine rings is 1. The minimum atomic E-state index is -0.208. The molecule has 0 bridgehead atoms. The number of aromatic nitrogens is 1. The van der Waals surface area contributed by atoms with Crippen LogP contribution in [-0.4, -0.2) is 25.1 Å². The summed E-state index contributed by atoms with van der Waals surface area (Å²) in [6.07, 6.45) is 1.69. The van der Waals surface area contributed by atoms with E-state index in [-0.39, 0.29) is 5.91 Å². The molecular formula is C24H20N2O3. The van der Waals surface area contributed by atoms with Crippen molar-refractivity contribution >= 4 is 22.5 Å². The Labute approximate surface area is 168 Å². The lowest BCUT2D eigenvalue weighted by Crippen LogP contribution is -2.13. The number of carbonyl (C=O) groups excluding carboxylic acids is 1. The standard InChI is InChI=1S/C24H20N2O3/c1-28-19-11-8-16(9-12-19)21-15-18(10-13-22(21)29-2)26-24(27)20-7-3-5-17-6-4-14-25-23(17)20/h3-15H,1-2H3,(H,26,27). The molecule has 0 aliphatic heterocycles. The number of nitrogens with zero attached hydrogens (tertiary/aromatic N) is 1. The third kappa shape index (κ3) is 3.75. The monoisotopic (exact) mass is 384 g/mol. The average molecular weight is 384 g/mol. The van der Waals surface area contributed by atoms with Gasteiger partial charge in [0, 0.05) is 22.8 Å². The van der Waals surface area contributed by atoms with Crippen molar-refractivity contribution in [1.29, 1.82) is 0 Å². The van der Waals surface area contributed by atoms with Crippen molar-refractivity contribution < 1.29 is 14.3 Å². The first-order chi connectivity index (χ1) is 14.2. The number of amides is 1. The van der Waals surface area contributed by atoms with Gasteiger partial charge in [-0.25, -0.2) is 0 Å². The molecule has 0 unspecified atom stereocenters. The number of ether oxygens (including phenoxy) is 2. The summed E-state index contributed by atoms with van der Waals surface area (Å²) >= 11 is 0. The summed E-state index contributed by atoms with van der Waals surface area (Å²) < 4.78 is 10.7. The molecule has 0 radical (unpaired) electrons. The Kier molecular flexibility index (Phi) is 5.12. The van der Waals surface area contributed by atoms with Gasteiger partial charge in [0.1, 0.15) is 11.5 Å². The van der Waals surface area contributed by atoms with E-state index in [1.807, 2.05) is 66.7 Å². The van der Waals surface area contributed by atoms with E-state index in [4.69, 9.17) is 9.47 Å². The molecule has 144 valence electrons. The number of methoxy groups -OCH3 is 2. The lowest BCUT2D eigenvalue weighted by molar-refractivity contribution is 0.102. The summed E-state index contributed by atoms with van der Waals surface area (Å²) in [6, 6.07) is 22.6. The average Bonchev–Trinajstić information content (AvgIpc) is 2.78. The summed E-state index contributed by atoms with van der Waals surface area (Å²) in [5.41, 5.74) is 3.73. The Morgan fingerprint density at radius 2 is 1.69 bits per heavy atom. The quantitative estimate of drug-likeness (QED) is 0.516. The van der Waals surface area contributed by atoms with Crippen LogP contribution in [0.25, 0.3) is 22.0 Å². The van der Waals surface area contributed by atoms with E-state index in [1.54, 1.807) is 26.5 Å². The normalized spacial score (nSPS) is 10.6. The van der Waals surface area contributed by atoms with Gasteiger partial charge in [-0.2, -0.15) is 0 Å². The van der Waals surface area contributed by atoms with E-state index in [1.165, 1.54) is 0 Å². The van der Waals surface area contributed by atoms with Crippen molar-refractivity contribution in [2.45, 2.75) is 0 Å². The highest BCUT2D eigenvalue weighted by molar-refractivity contribution is 6.12. The highest BCUT2D eigenvalue weighted by atomic mass is 16.5. The number of rotatable bonds is 5. The van der Waals surface area contributed by atoms with Gasteiger partial charge in [-0.3, -0.25) is 9.78 Å². The number of hydrogen-bond donors (Lipinski definition) is 1. The predicted molar refractivity (Wildman–Crippen MR) is 115 cm³/mol. The van der Waals surface area contributed by atoms with Crippen LogP contribution in [0.2, 0.25) is 0 Å². The minimum absolute atomic E-state index is 0.208. The number of nitrogens with one attached hydrogen (secondary N) is 1. The maximum atomic E-state index is 12.9. The molecule has 0 aliphatic carbocycles. The first kappa shape index (κ1) is 18.5. The SMILES string of the molecule is COc1ccc(-c2cc(NC(=O)c3cccc4cccnc34)ccc2OC)cc1. The summed E-state index contributed by atoms with van der Waals surface area (Å²) in [7, 11) is 3.26. The zero-order chi connectivity index (χ0) is 20.2. The largest absolute Gasteiger partial charge is 0.497 e. The van der Waals surface area contributed by atoms with Crippen LogP contribution in [0, 0.1) is 0 Å². The Balaban J connectivity index is 1.67. The third-order valence-electron chi connectivity index (χ3n) is 4.74. The molecule has 1 N–H and O–H groups in total. The highest BCUT2D eigenvalue weighted by Gasteiger charge is 2.13. The Morgan fingerprint density at radius 3 is 2.45 bits per heavy atom. The molecule has 0 saturated heterocycles. The van der Waals surface area contributed by atoms with Gasteiger partial charge in [0.15, 0.2) is 0 Å². The first-order valence-corrected chi connectivity index (χ1v) is 9.17. The predicted octanol–water partition coefficient (Wildman–Crippen LogP) is 5.17. The molecule has 5 nitrogen and oxygen atoms in total. The molecule has 0 spiro atoms. The van der Waals surface area contributed by atoms with Crippen molar-refractivity contribution in [3.05, 3.63) is 84.6 Å². The third-order valence-corrected chi connectivity index (χ3v) is 4.74. The van der Waals surface area contributed by atoms with Crippen molar-refractivity contribution in [2.75, 3.05) is 19.5 Å². The maximum Gasteiger partial charge on any atom is 0.257 e. The van der Waals surface area contributed by atoms with E-state index in [2.05, 4.69) is 10.3 Å². The zero-order valence-corrected chi connectivity index (χ0v) is 16.2. The van der Waals surface area contributed by atoms with Crippen molar-refractivity contribution in [3.63, 3.8) is 0 Å². The zero-order valence-electron chi connectivity index (χ0n) is 16.2. The second kappa shape index (κ2) is 8.02. The van der Waals surface area contributed by atoms with Crippen LogP contribution in [0.15, 0.2) is 79.0 Å². The Morgan fingerprint density at radius 1 is 0.897 bits per heavy atom. The molecule has 3 aromatic carbocycles. The molecular weight excluding hydrogens is 364 g/mol. The van der Waals surface area contributed by atoms with Gasteiger partial charge in [-0.05, 0) is 48.0 Å². The van der Waals surface area contributed by atoms with Gasteiger partial charge in [-0.15, -0.1) is 0 Å². The molecule has 0 fully saturated rings. The maximum absolute atomic E-state index is 12.9. The Bertz CT molecular complexity index is 1170. The number of carbonyl (C=O) groups is 1. The molecule has 5 heteroatoms. The molecule has 1 amide bonds. The van der Waals surface area contributed by atoms with Crippen LogP contribution in [-0.2, 0) is 0 Å². The van der Waals surface area contributed by atoms with Gasteiger partial charge >= 0.3 is 0 Å². The first-order valence-electron chi connectivity index (χ1n) is 9.17. The van der Waals surface area contributed by atoms with Crippen LogP contribution < -0.4 is 14.8 Å². The second-order valence-corrected chi connectivity index (χ2v) is 6.48. The van der Waals surface area contributed by atoms with Gasteiger partial charge in [0.05, 0.1) is 25.3 Å². The van der Waals surface area contributed by atoms with E-state index in [0.29, 0.717) is 16.8 Å². The molecule has 1 heterocycles. The fourth-order valence-corrected chi connectivity index (χ4v) is 3.27.